The molecule has 3 rings (SSSR count). The van der Waals surface area contributed by atoms with Gasteiger partial charge in [0, 0.05) is 29.7 Å². The molecule has 1 aliphatic rings. The van der Waals surface area contributed by atoms with Crippen molar-refractivity contribution in [3.05, 3.63) is 36.7 Å². The van der Waals surface area contributed by atoms with E-state index in [1.807, 2.05) is 35.4 Å². The number of carbonyl (C=O) groups excluding carboxylic acids is 1. The Labute approximate surface area is 114 Å². The molecule has 0 N–H and O–H groups in total. The lowest BCUT2D eigenvalue weighted by atomic mass is 10.1. The first kappa shape index (κ1) is 11.7. The summed E-state index contributed by atoms with van der Waals surface area (Å²) in [6.07, 6.45) is 5.55. The van der Waals surface area contributed by atoms with Gasteiger partial charge in [-0.25, -0.2) is 0 Å². The summed E-state index contributed by atoms with van der Waals surface area (Å²) >= 11 is 3.45. The third-order valence-electron chi connectivity index (χ3n) is 3.32. The molecule has 1 amide bonds. The Morgan fingerprint density at radius 1 is 1.33 bits per heavy atom. The molecule has 1 atom stereocenters. The molecule has 0 bridgehead atoms. The molecule has 0 saturated carbocycles. The average molecular weight is 305 g/mol. The summed E-state index contributed by atoms with van der Waals surface area (Å²) in [6, 6.07) is 7.97. The van der Waals surface area contributed by atoms with E-state index in [0.717, 1.165) is 35.8 Å². The second-order valence-corrected chi connectivity index (χ2v) is 5.58. The number of nitrogens with zero attached hydrogens (tertiary/aromatic N) is 2. The first-order valence-corrected chi connectivity index (χ1v) is 6.97. The van der Waals surface area contributed by atoms with Crippen LogP contribution >= 0.6 is 15.9 Å². The number of pyridine rings is 1. The van der Waals surface area contributed by atoms with Crippen molar-refractivity contribution in [1.29, 1.82) is 0 Å². The first-order chi connectivity index (χ1) is 8.77. The van der Waals surface area contributed by atoms with Crippen LogP contribution in [-0.2, 0) is 4.79 Å². The van der Waals surface area contributed by atoms with Gasteiger partial charge in [0.1, 0.15) is 0 Å². The summed E-state index contributed by atoms with van der Waals surface area (Å²) in [5, 5.41) is 2.15. The van der Waals surface area contributed by atoms with Gasteiger partial charge in [-0.05, 0) is 25.0 Å². The molecule has 2 heterocycles. The van der Waals surface area contributed by atoms with E-state index in [1.165, 1.54) is 0 Å². The average Bonchev–Trinajstić information content (AvgIpc) is 2.41. The van der Waals surface area contributed by atoms with Crippen LogP contribution in [-0.4, -0.2) is 22.3 Å². The zero-order valence-electron chi connectivity index (χ0n) is 9.84. The predicted molar refractivity (Wildman–Crippen MR) is 76.0 cm³/mol. The number of hydrogen-bond donors (Lipinski definition) is 0. The third-order valence-corrected chi connectivity index (χ3v) is 4.17. The molecule has 1 fully saturated rings. The van der Waals surface area contributed by atoms with Gasteiger partial charge in [0.15, 0.2) is 0 Å². The van der Waals surface area contributed by atoms with E-state index in [0.29, 0.717) is 0 Å². The highest BCUT2D eigenvalue weighted by Crippen LogP contribution is 2.30. The fraction of sp³-hybridized carbons (Fsp3) is 0.286. The number of benzene rings is 1. The molecule has 92 valence electrons. The largest absolute Gasteiger partial charge is 0.311 e. The number of anilines is 1. The minimum atomic E-state index is -0.0525. The molecule has 4 heteroatoms. The van der Waals surface area contributed by atoms with Crippen molar-refractivity contribution in [2.45, 2.75) is 17.7 Å². The molecule has 0 aliphatic carbocycles. The normalized spacial score (nSPS) is 20.4. The standard InChI is InChI=1S/C14H13BrN2O/c15-12-4-2-8-17(14(12)18)13-5-1-3-10-9-16-7-6-11(10)13/h1,3,5-7,9,12H,2,4,8H2. The van der Waals surface area contributed by atoms with Crippen molar-refractivity contribution < 1.29 is 4.79 Å². The van der Waals surface area contributed by atoms with E-state index in [1.54, 1.807) is 6.20 Å². The van der Waals surface area contributed by atoms with Crippen LogP contribution < -0.4 is 4.90 Å². The third kappa shape index (κ3) is 1.90. The second-order valence-electron chi connectivity index (χ2n) is 4.47. The van der Waals surface area contributed by atoms with Gasteiger partial charge in [-0.15, -0.1) is 0 Å². The van der Waals surface area contributed by atoms with Crippen molar-refractivity contribution in [3.63, 3.8) is 0 Å². The topological polar surface area (TPSA) is 33.2 Å². The number of piperidine rings is 1. The Hall–Kier alpha value is -1.42. The monoisotopic (exact) mass is 304 g/mol. The first-order valence-electron chi connectivity index (χ1n) is 6.05. The smallest absolute Gasteiger partial charge is 0.240 e. The molecule has 1 aromatic carbocycles. The second kappa shape index (κ2) is 4.69. The highest BCUT2D eigenvalue weighted by molar-refractivity contribution is 9.10. The van der Waals surface area contributed by atoms with Crippen LogP contribution in [0.2, 0.25) is 0 Å². The number of carbonyl (C=O) groups is 1. The lowest BCUT2D eigenvalue weighted by Gasteiger charge is -2.30. The van der Waals surface area contributed by atoms with Gasteiger partial charge in [0.05, 0.1) is 10.5 Å². The summed E-state index contributed by atoms with van der Waals surface area (Å²) in [4.78, 5) is 18.2. The molecule has 2 aromatic rings. The molecule has 18 heavy (non-hydrogen) atoms. The minimum Gasteiger partial charge on any atom is -0.311 e. The van der Waals surface area contributed by atoms with Crippen molar-refractivity contribution in [2.75, 3.05) is 11.4 Å². The molecule has 1 aliphatic heterocycles. The van der Waals surface area contributed by atoms with Crippen molar-refractivity contribution >= 4 is 38.3 Å². The summed E-state index contributed by atoms with van der Waals surface area (Å²) in [5.41, 5.74) is 0.990. The Bertz CT molecular complexity index is 594. The van der Waals surface area contributed by atoms with Gasteiger partial charge in [-0.2, -0.15) is 0 Å². The van der Waals surface area contributed by atoms with Crippen molar-refractivity contribution in [1.82, 2.24) is 4.98 Å². The highest BCUT2D eigenvalue weighted by Gasteiger charge is 2.28. The maximum absolute atomic E-state index is 12.2. The lowest BCUT2D eigenvalue weighted by molar-refractivity contribution is -0.118. The fourth-order valence-electron chi connectivity index (χ4n) is 2.41. The number of fused-ring (bicyclic) bond motifs is 1. The Morgan fingerprint density at radius 2 is 2.22 bits per heavy atom. The zero-order valence-corrected chi connectivity index (χ0v) is 11.4. The Morgan fingerprint density at radius 3 is 3.11 bits per heavy atom. The van der Waals surface area contributed by atoms with Crippen molar-refractivity contribution in [2.24, 2.45) is 0 Å². The molecule has 0 radical (unpaired) electrons. The van der Waals surface area contributed by atoms with Gasteiger partial charge in [-0.3, -0.25) is 9.78 Å². The molecule has 3 nitrogen and oxygen atoms in total. The molecular weight excluding hydrogens is 292 g/mol. The molecule has 1 saturated heterocycles. The number of alkyl halides is 1. The van der Waals surface area contributed by atoms with E-state index >= 15 is 0 Å². The van der Waals surface area contributed by atoms with Crippen LogP contribution in [0.15, 0.2) is 36.7 Å². The van der Waals surface area contributed by atoms with Gasteiger partial charge >= 0.3 is 0 Å². The fourth-order valence-corrected chi connectivity index (χ4v) is 2.98. The van der Waals surface area contributed by atoms with E-state index in [4.69, 9.17) is 0 Å². The number of amides is 1. The van der Waals surface area contributed by atoms with Crippen LogP contribution in [0.3, 0.4) is 0 Å². The minimum absolute atomic E-state index is 0.0525. The maximum atomic E-state index is 12.2. The van der Waals surface area contributed by atoms with E-state index in [9.17, 15) is 4.79 Å². The lowest BCUT2D eigenvalue weighted by Crippen LogP contribution is -2.41. The van der Waals surface area contributed by atoms with Gasteiger partial charge in [0.25, 0.3) is 0 Å². The van der Waals surface area contributed by atoms with Crippen LogP contribution in [0.25, 0.3) is 10.8 Å². The maximum Gasteiger partial charge on any atom is 0.240 e. The summed E-state index contributed by atoms with van der Waals surface area (Å²) in [5.74, 6) is 0.158. The predicted octanol–water partition coefficient (Wildman–Crippen LogP) is 3.13. The molecule has 1 unspecified atom stereocenters. The van der Waals surface area contributed by atoms with Crippen LogP contribution in [0, 0.1) is 0 Å². The molecular formula is C14H13BrN2O. The van der Waals surface area contributed by atoms with E-state index in [2.05, 4.69) is 20.9 Å². The summed E-state index contributed by atoms with van der Waals surface area (Å²) < 4.78 is 0. The van der Waals surface area contributed by atoms with Gasteiger partial charge in [-0.1, -0.05) is 28.1 Å². The Kier molecular flexibility index (Phi) is 3.04. The van der Waals surface area contributed by atoms with Gasteiger partial charge in [0.2, 0.25) is 5.91 Å². The number of aromatic nitrogens is 1. The van der Waals surface area contributed by atoms with Crippen LogP contribution in [0.5, 0.6) is 0 Å². The highest BCUT2D eigenvalue weighted by atomic mass is 79.9. The van der Waals surface area contributed by atoms with E-state index in [-0.39, 0.29) is 10.7 Å². The Balaban J connectivity index is 2.11. The summed E-state index contributed by atoms with van der Waals surface area (Å²) in [7, 11) is 0. The number of rotatable bonds is 1. The van der Waals surface area contributed by atoms with Crippen LogP contribution in [0.4, 0.5) is 5.69 Å². The number of hydrogen-bond acceptors (Lipinski definition) is 2. The van der Waals surface area contributed by atoms with Crippen molar-refractivity contribution in [3.8, 4) is 0 Å². The van der Waals surface area contributed by atoms with Crippen LogP contribution in [0.1, 0.15) is 12.8 Å². The van der Waals surface area contributed by atoms with Gasteiger partial charge < -0.3 is 4.90 Å². The molecule has 1 aromatic heterocycles. The van der Waals surface area contributed by atoms with E-state index < -0.39 is 0 Å². The zero-order chi connectivity index (χ0) is 12.5. The SMILES string of the molecule is O=C1C(Br)CCCN1c1cccc2cnccc12. The quantitative estimate of drug-likeness (QED) is 0.758. The molecule has 0 spiro atoms. The summed E-state index contributed by atoms with van der Waals surface area (Å²) in [6.45, 7) is 0.794. The number of halogens is 1.